The molecule has 1 N–H and O–H groups in total. The Labute approximate surface area is 128 Å². The molecule has 1 amide bonds. The van der Waals surface area contributed by atoms with Crippen molar-refractivity contribution in [3.63, 3.8) is 0 Å². The third-order valence-corrected chi connectivity index (χ3v) is 4.47. The quantitative estimate of drug-likeness (QED) is 0.903. The minimum absolute atomic E-state index is 0.254. The Morgan fingerprint density at radius 2 is 2.05 bits per heavy atom. The highest BCUT2D eigenvalue weighted by Crippen LogP contribution is 2.27. The van der Waals surface area contributed by atoms with E-state index in [0.717, 1.165) is 44.5 Å². The summed E-state index contributed by atoms with van der Waals surface area (Å²) in [5, 5.41) is 3.43. The molecule has 0 saturated carbocycles. The van der Waals surface area contributed by atoms with E-state index in [0.29, 0.717) is 6.04 Å². The van der Waals surface area contributed by atoms with Gasteiger partial charge >= 0.3 is 0 Å². The van der Waals surface area contributed by atoms with Gasteiger partial charge in [0.1, 0.15) is 0 Å². The molecule has 1 heterocycles. The van der Waals surface area contributed by atoms with Crippen LogP contribution < -0.4 is 5.32 Å². The number of hydrogen-bond acceptors (Lipinski definition) is 2. The first-order valence-corrected chi connectivity index (χ1v) is 8.14. The van der Waals surface area contributed by atoms with E-state index in [9.17, 15) is 4.79 Å². The minimum atomic E-state index is -0.464. The summed E-state index contributed by atoms with van der Waals surface area (Å²) in [4.78, 5) is 15.3. The topological polar surface area (TPSA) is 32.3 Å². The number of rotatable bonds is 5. The standard InChI is InChI=1S/C18H28N2O/c1-4-13-20(16-11-8-12-19-14-16)17(21)18(2,3)15-9-6-5-7-10-15/h5-7,9-10,16,19H,4,8,11-14H2,1-3H3. The van der Waals surface area contributed by atoms with E-state index in [1.807, 2.05) is 32.0 Å². The fraction of sp³-hybridized carbons (Fsp3) is 0.611. The van der Waals surface area contributed by atoms with Gasteiger partial charge in [0.25, 0.3) is 0 Å². The van der Waals surface area contributed by atoms with E-state index in [4.69, 9.17) is 0 Å². The number of amides is 1. The predicted octanol–water partition coefficient (Wildman–Crippen LogP) is 2.95. The summed E-state index contributed by atoms with van der Waals surface area (Å²) < 4.78 is 0. The molecule has 1 saturated heterocycles. The van der Waals surface area contributed by atoms with Gasteiger partial charge in [-0.15, -0.1) is 0 Å². The molecule has 1 aliphatic rings. The Kier molecular flexibility index (Phi) is 5.40. The van der Waals surface area contributed by atoms with Crippen molar-refractivity contribution in [1.82, 2.24) is 10.2 Å². The highest BCUT2D eigenvalue weighted by molar-refractivity contribution is 5.87. The number of carbonyl (C=O) groups is 1. The monoisotopic (exact) mass is 288 g/mol. The number of nitrogens with one attached hydrogen (secondary N) is 1. The second-order valence-corrected chi connectivity index (χ2v) is 6.49. The van der Waals surface area contributed by atoms with Crippen LogP contribution in [0.15, 0.2) is 30.3 Å². The highest BCUT2D eigenvalue weighted by atomic mass is 16.2. The first kappa shape index (κ1) is 16.0. The fourth-order valence-corrected chi connectivity index (χ4v) is 3.13. The van der Waals surface area contributed by atoms with Crippen LogP contribution in [0.2, 0.25) is 0 Å². The van der Waals surface area contributed by atoms with Crippen molar-refractivity contribution in [1.29, 1.82) is 0 Å². The summed E-state index contributed by atoms with van der Waals surface area (Å²) in [6.45, 7) is 9.09. The zero-order chi connectivity index (χ0) is 15.3. The second-order valence-electron chi connectivity index (χ2n) is 6.49. The van der Waals surface area contributed by atoms with E-state index >= 15 is 0 Å². The van der Waals surface area contributed by atoms with Gasteiger partial charge in [-0.25, -0.2) is 0 Å². The molecule has 116 valence electrons. The van der Waals surface area contributed by atoms with Crippen molar-refractivity contribution in [3.05, 3.63) is 35.9 Å². The lowest BCUT2D eigenvalue weighted by molar-refractivity contribution is -0.139. The molecule has 1 aromatic carbocycles. The second kappa shape index (κ2) is 7.08. The van der Waals surface area contributed by atoms with Crippen LogP contribution in [0.1, 0.15) is 45.6 Å². The largest absolute Gasteiger partial charge is 0.338 e. The maximum atomic E-state index is 13.2. The van der Waals surface area contributed by atoms with Crippen molar-refractivity contribution in [2.24, 2.45) is 0 Å². The van der Waals surface area contributed by atoms with Crippen molar-refractivity contribution in [2.75, 3.05) is 19.6 Å². The molecule has 0 aliphatic carbocycles. The van der Waals surface area contributed by atoms with Crippen LogP contribution in [0.25, 0.3) is 0 Å². The Hall–Kier alpha value is -1.35. The summed E-state index contributed by atoms with van der Waals surface area (Å²) in [6, 6.07) is 10.5. The van der Waals surface area contributed by atoms with Gasteiger partial charge in [0.05, 0.1) is 5.41 Å². The van der Waals surface area contributed by atoms with Crippen molar-refractivity contribution >= 4 is 5.91 Å². The van der Waals surface area contributed by atoms with E-state index in [-0.39, 0.29) is 5.91 Å². The SMILES string of the molecule is CCCN(C(=O)C(C)(C)c1ccccc1)C1CCCNC1. The molecule has 3 nitrogen and oxygen atoms in total. The fourth-order valence-electron chi connectivity index (χ4n) is 3.13. The van der Waals surface area contributed by atoms with Crippen LogP contribution in [-0.2, 0) is 10.2 Å². The van der Waals surface area contributed by atoms with Gasteiger partial charge in [0, 0.05) is 19.1 Å². The summed E-state index contributed by atoms with van der Waals surface area (Å²) in [5.41, 5.74) is 0.633. The highest BCUT2D eigenvalue weighted by Gasteiger charge is 2.36. The van der Waals surface area contributed by atoms with Crippen LogP contribution in [-0.4, -0.2) is 36.5 Å². The maximum absolute atomic E-state index is 13.2. The predicted molar refractivity (Wildman–Crippen MR) is 87.4 cm³/mol. The number of nitrogens with zero attached hydrogens (tertiary/aromatic N) is 1. The molecule has 1 aliphatic heterocycles. The third-order valence-electron chi connectivity index (χ3n) is 4.47. The van der Waals surface area contributed by atoms with E-state index in [1.54, 1.807) is 0 Å². The molecular weight excluding hydrogens is 260 g/mol. The van der Waals surface area contributed by atoms with Crippen LogP contribution in [0, 0.1) is 0 Å². The van der Waals surface area contributed by atoms with Crippen molar-refractivity contribution < 1.29 is 4.79 Å². The van der Waals surface area contributed by atoms with Crippen LogP contribution in [0.4, 0.5) is 0 Å². The van der Waals surface area contributed by atoms with Gasteiger partial charge in [0.15, 0.2) is 0 Å². The molecule has 1 aromatic rings. The molecule has 2 rings (SSSR count). The molecule has 1 atom stereocenters. The Morgan fingerprint density at radius 3 is 2.62 bits per heavy atom. The lowest BCUT2D eigenvalue weighted by Gasteiger charge is -2.39. The maximum Gasteiger partial charge on any atom is 0.232 e. The average molecular weight is 288 g/mol. The van der Waals surface area contributed by atoms with E-state index in [1.165, 1.54) is 0 Å². The Morgan fingerprint density at radius 1 is 1.33 bits per heavy atom. The summed E-state index contributed by atoms with van der Waals surface area (Å²) >= 11 is 0. The van der Waals surface area contributed by atoms with Gasteiger partial charge in [-0.3, -0.25) is 4.79 Å². The molecule has 0 radical (unpaired) electrons. The zero-order valence-electron chi connectivity index (χ0n) is 13.6. The molecular formula is C18H28N2O. The first-order chi connectivity index (χ1) is 10.1. The first-order valence-electron chi connectivity index (χ1n) is 8.14. The molecule has 0 aromatic heterocycles. The van der Waals surface area contributed by atoms with Gasteiger partial charge in [0.2, 0.25) is 5.91 Å². The van der Waals surface area contributed by atoms with Crippen LogP contribution >= 0.6 is 0 Å². The molecule has 0 spiro atoms. The van der Waals surface area contributed by atoms with Gasteiger partial charge in [-0.05, 0) is 45.2 Å². The summed E-state index contributed by atoms with van der Waals surface area (Å²) in [5.74, 6) is 0.254. The normalized spacial score (nSPS) is 19.3. The van der Waals surface area contributed by atoms with Crippen LogP contribution in [0.5, 0.6) is 0 Å². The minimum Gasteiger partial charge on any atom is -0.338 e. The number of hydrogen-bond donors (Lipinski definition) is 1. The van der Waals surface area contributed by atoms with Gasteiger partial charge < -0.3 is 10.2 Å². The van der Waals surface area contributed by atoms with Crippen molar-refractivity contribution in [2.45, 2.75) is 51.5 Å². The molecule has 21 heavy (non-hydrogen) atoms. The zero-order valence-corrected chi connectivity index (χ0v) is 13.6. The van der Waals surface area contributed by atoms with Gasteiger partial charge in [-0.2, -0.15) is 0 Å². The Bertz CT molecular complexity index is 450. The van der Waals surface area contributed by atoms with E-state index in [2.05, 4.69) is 29.3 Å². The lowest BCUT2D eigenvalue weighted by atomic mass is 9.82. The molecule has 0 bridgehead atoms. The third kappa shape index (κ3) is 3.65. The molecule has 3 heteroatoms. The number of carbonyl (C=O) groups excluding carboxylic acids is 1. The number of piperidine rings is 1. The smallest absolute Gasteiger partial charge is 0.232 e. The molecule has 1 unspecified atom stereocenters. The molecule has 1 fully saturated rings. The summed E-state index contributed by atoms with van der Waals surface area (Å²) in [7, 11) is 0. The lowest BCUT2D eigenvalue weighted by Crippen LogP contribution is -2.53. The Balaban J connectivity index is 2.20. The van der Waals surface area contributed by atoms with Crippen LogP contribution in [0.3, 0.4) is 0 Å². The van der Waals surface area contributed by atoms with E-state index < -0.39 is 5.41 Å². The van der Waals surface area contributed by atoms with Gasteiger partial charge in [-0.1, -0.05) is 37.3 Å². The average Bonchev–Trinajstić information content (AvgIpc) is 2.53. The summed E-state index contributed by atoms with van der Waals surface area (Å²) in [6.07, 6.45) is 3.28. The van der Waals surface area contributed by atoms with Crippen molar-refractivity contribution in [3.8, 4) is 0 Å². The number of benzene rings is 1.